The number of carbonyl (C=O) groups is 1. The fourth-order valence-corrected chi connectivity index (χ4v) is 2.16. The zero-order valence-corrected chi connectivity index (χ0v) is 13.8. The van der Waals surface area contributed by atoms with E-state index in [-0.39, 0.29) is 11.5 Å². The number of carbonyl (C=O) groups excluding carboxylic acids is 1. The number of hydrogen-bond acceptors (Lipinski definition) is 5. The second kappa shape index (κ2) is 8.34. The summed E-state index contributed by atoms with van der Waals surface area (Å²) in [6.45, 7) is 0. The molecule has 128 valence electrons. The van der Waals surface area contributed by atoms with E-state index < -0.39 is 5.91 Å². The third-order valence-corrected chi connectivity index (χ3v) is 3.43. The van der Waals surface area contributed by atoms with Gasteiger partial charge in [0.25, 0.3) is 5.91 Å². The predicted octanol–water partition coefficient (Wildman–Crippen LogP) is 4.73. The lowest BCUT2D eigenvalue weighted by Gasteiger charge is -2.07. The second-order valence-corrected chi connectivity index (χ2v) is 5.29. The number of amides is 1. The Kier molecular flexibility index (Phi) is 5.47. The predicted molar refractivity (Wildman–Crippen MR) is 99.8 cm³/mol. The van der Waals surface area contributed by atoms with Crippen LogP contribution in [0.3, 0.4) is 0 Å². The standard InChI is InChI=1S/C20H16N4O2/c25-19(15-8-3-1-4-9-15)18(24-23-16-10-5-2-6-11-16)20(26)22-17-12-7-13-21-14-17/h1-14,25H,(H,22,26)/b19-18+,24-23?. The summed E-state index contributed by atoms with van der Waals surface area (Å²) in [6.07, 6.45) is 3.10. The number of pyridine rings is 1. The van der Waals surface area contributed by atoms with Crippen molar-refractivity contribution >= 4 is 23.0 Å². The topological polar surface area (TPSA) is 86.9 Å². The summed E-state index contributed by atoms with van der Waals surface area (Å²) >= 11 is 0. The van der Waals surface area contributed by atoms with Gasteiger partial charge in [0.1, 0.15) is 0 Å². The number of hydrogen-bond donors (Lipinski definition) is 2. The number of azo groups is 1. The van der Waals surface area contributed by atoms with Crippen LogP contribution in [0, 0.1) is 0 Å². The van der Waals surface area contributed by atoms with Gasteiger partial charge in [0.05, 0.1) is 17.6 Å². The van der Waals surface area contributed by atoms with E-state index in [4.69, 9.17) is 0 Å². The monoisotopic (exact) mass is 344 g/mol. The van der Waals surface area contributed by atoms with Crippen LogP contribution in [0.1, 0.15) is 5.56 Å². The highest BCUT2D eigenvalue weighted by Crippen LogP contribution is 2.21. The van der Waals surface area contributed by atoms with Crippen LogP contribution in [0.2, 0.25) is 0 Å². The zero-order chi connectivity index (χ0) is 18.2. The average molecular weight is 344 g/mol. The van der Waals surface area contributed by atoms with Crippen LogP contribution in [0.15, 0.2) is 101 Å². The van der Waals surface area contributed by atoms with Crippen LogP contribution >= 0.6 is 0 Å². The van der Waals surface area contributed by atoms with Gasteiger partial charge in [-0.25, -0.2) is 0 Å². The first-order valence-electron chi connectivity index (χ1n) is 7.91. The van der Waals surface area contributed by atoms with Crippen molar-refractivity contribution in [3.63, 3.8) is 0 Å². The minimum atomic E-state index is -0.584. The molecule has 0 radical (unpaired) electrons. The molecule has 1 aromatic heterocycles. The van der Waals surface area contributed by atoms with Crippen LogP contribution in [-0.4, -0.2) is 16.0 Å². The Bertz CT molecular complexity index is 924. The molecule has 0 saturated carbocycles. The number of nitrogens with zero attached hydrogens (tertiary/aromatic N) is 3. The van der Waals surface area contributed by atoms with Crippen molar-refractivity contribution in [1.82, 2.24) is 4.98 Å². The molecule has 0 saturated heterocycles. The van der Waals surface area contributed by atoms with E-state index in [2.05, 4.69) is 20.5 Å². The van der Waals surface area contributed by atoms with Gasteiger partial charge in [0.2, 0.25) is 0 Å². The molecule has 3 rings (SSSR count). The van der Waals surface area contributed by atoms with E-state index >= 15 is 0 Å². The number of aromatic nitrogens is 1. The van der Waals surface area contributed by atoms with Crippen molar-refractivity contribution in [2.75, 3.05) is 5.32 Å². The molecule has 26 heavy (non-hydrogen) atoms. The first-order valence-corrected chi connectivity index (χ1v) is 7.91. The summed E-state index contributed by atoms with van der Waals surface area (Å²) in [7, 11) is 0. The van der Waals surface area contributed by atoms with Crippen molar-refractivity contribution in [3.05, 3.63) is 96.5 Å². The van der Waals surface area contributed by atoms with Crippen molar-refractivity contribution in [2.24, 2.45) is 10.2 Å². The first kappa shape index (κ1) is 17.0. The van der Waals surface area contributed by atoms with E-state index in [1.54, 1.807) is 54.7 Å². The Balaban J connectivity index is 1.96. The van der Waals surface area contributed by atoms with E-state index in [0.717, 1.165) is 0 Å². The number of rotatable bonds is 5. The molecule has 0 aliphatic carbocycles. The van der Waals surface area contributed by atoms with Gasteiger partial charge in [0.15, 0.2) is 11.5 Å². The summed E-state index contributed by atoms with van der Waals surface area (Å²) in [5, 5.41) is 21.2. The maximum Gasteiger partial charge on any atom is 0.280 e. The largest absolute Gasteiger partial charge is 0.505 e. The minimum absolute atomic E-state index is 0.191. The third-order valence-electron chi connectivity index (χ3n) is 3.43. The van der Waals surface area contributed by atoms with Crippen LogP contribution in [-0.2, 0) is 4.79 Å². The Morgan fingerprint density at radius 3 is 2.27 bits per heavy atom. The highest BCUT2D eigenvalue weighted by atomic mass is 16.3. The highest BCUT2D eigenvalue weighted by Gasteiger charge is 2.17. The lowest BCUT2D eigenvalue weighted by atomic mass is 10.1. The molecule has 0 atom stereocenters. The van der Waals surface area contributed by atoms with E-state index in [1.165, 1.54) is 6.20 Å². The molecule has 6 nitrogen and oxygen atoms in total. The quantitative estimate of drug-likeness (QED) is 0.398. The van der Waals surface area contributed by atoms with Gasteiger partial charge in [-0.2, -0.15) is 5.11 Å². The number of aliphatic hydroxyl groups excluding tert-OH is 1. The van der Waals surface area contributed by atoms with Crippen LogP contribution in [0.4, 0.5) is 11.4 Å². The Morgan fingerprint density at radius 1 is 0.923 bits per heavy atom. The van der Waals surface area contributed by atoms with Gasteiger partial charge in [-0.3, -0.25) is 9.78 Å². The Hall–Kier alpha value is -3.80. The Morgan fingerprint density at radius 2 is 1.62 bits per heavy atom. The molecule has 2 N–H and O–H groups in total. The van der Waals surface area contributed by atoms with Crippen molar-refractivity contribution in [3.8, 4) is 0 Å². The highest BCUT2D eigenvalue weighted by molar-refractivity contribution is 6.07. The van der Waals surface area contributed by atoms with Gasteiger partial charge < -0.3 is 10.4 Å². The first-order chi connectivity index (χ1) is 12.7. The normalized spacial score (nSPS) is 11.8. The molecule has 0 aliphatic rings. The Labute approximate surface area is 150 Å². The zero-order valence-electron chi connectivity index (χ0n) is 13.8. The third kappa shape index (κ3) is 4.39. The summed E-state index contributed by atoms with van der Waals surface area (Å²) in [5.41, 5.74) is 1.34. The van der Waals surface area contributed by atoms with Crippen molar-refractivity contribution in [2.45, 2.75) is 0 Å². The number of anilines is 1. The van der Waals surface area contributed by atoms with E-state index in [0.29, 0.717) is 16.9 Å². The molecule has 6 heteroatoms. The average Bonchev–Trinajstić information content (AvgIpc) is 2.70. The van der Waals surface area contributed by atoms with Crippen molar-refractivity contribution < 1.29 is 9.90 Å². The fraction of sp³-hybridized carbons (Fsp3) is 0. The smallest absolute Gasteiger partial charge is 0.280 e. The number of nitrogens with one attached hydrogen (secondary N) is 1. The molecular weight excluding hydrogens is 328 g/mol. The lowest BCUT2D eigenvalue weighted by molar-refractivity contribution is -0.112. The summed E-state index contributed by atoms with van der Waals surface area (Å²) in [6, 6.07) is 21.1. The molecular formula is C20H16N4O2. The summed E-state index contributed by atoms with van der Waals surface area (Å²) in [5.74, 6) is -0.842. The minimum Gasteiger partial charge on any atom is -0.505 e. The molecule has 0 aliphatic heterocycles. The number of aliphatic hydroxyl groups is 1. The summed E-state index contributed by atoms with van der Waals surface area (Å²) in [4.78, 5) is 16.6. The molecule has 1 heterocycles. The molecule has 3 aromatic rings. The maximum atomic E-state index is 12.6. The van der Waals surface area contributed by atoms with Gasteiger partial charge in [-0.05, 0) is 24.3 Å². The molecule has 0 unspecified atom stereocenters. The van der Waals surface area contributed by atoms with Crippen LogP contribution in [0.25, 0.3) is 5.76 Å². The lowest BCUT2D eigenvalue weighted by Crippen LogP contribution is -2.15. The molecule has 0 bridgehead atoms. The molecule has 0 spiro atoms. The van der Waals surface area contributed by atoms with Gasteiger partial charge in [0, 0.05) is 11.8 Å². The second-order valence-electron chi connectivity index (χ2n) is 5.29. The summed E-state index contributed by atoms with van der Waals surface area (Å²) < 4.78 is 0. The van der Waals surface area contributed by atoms with Crippen LogP contribution in [0.5, 0.6) is 0 Å². The molecule has 0 fully saturated rings. The van der Waals surface area contributed by atoms with Gasteiger partial charge in [-0.1, -0.05) is 48.5 Å². The van der Waals surface area contributed by atoms with Crippen molar-refractivity contribution in [1.29, 1.82) is 0 Å². The van der Waals surface area contributed by atoms with Gasteiger partial charge >= 0.3 is 0 Å². The van der Waals surface area contributed by atoms with E-state index in [9.17, 15) is 9.90 Å². The SMILES string of the molecule is O=C(Nc1cccnc1)/C(N=Nc1ccccc1)=C(\O)c1ccccc1. The van der Waals surface area contributed by atoms with E-state index in [1.807, 2.05) is 24.3 Å². The fourth-order valence-electron chi connectivity index (χ4n) is 2.16. The number of benzene rings is 2. The maximum absolute atomic E-state index is 12.6. The molecule has 1 amide bonds. The van der Waals surface area contributed by atoms with Gasteiger partial charge in [-0.15, -0.1) is 5.11 Å². The van der Waals surface area contributed by atoms with Crippen LogP contribution < -0.4 is 5.32 Å². The molecule has 2 aromatic carbocycles.